The molecular formula is C10H6Br2N2O3. The minimum Gasteiger partial charge on any atom is -0.368 e. The highest BCUT2D eigenvalue weighted by atomic mass is 79.9. The van der Waals surface area contributed by atoms with Crippen molar-refractivity contribution in [1.29, 1.82) is 0 Å². The van der Waals surface area contributed by atoms with Crippen molar-refractivity contribution < 1.29 is 14.4 Å². The molecule has 2 amide bonds. The number of ketones is 1. The summed E-state index contributed by atoms with van der Waals surface area (Å²) in [5.41, 5.74) is 5.70. The molecule has 17 heavy (non-hydrogen) atoms. The molecule has 1 aliphatic rings. The zero-order chi connectivity index (χ0) is 12.7. The predicted molar refractivity (Wildman–Crippen MR) is 67.7 cm³/mol. The maximum atomic E-state index is 11.7. The van der Waals surface area contributed by atoms with Crippen molar-refractivity contribution in [3.05, 3.63) is 26.6 Å². The van der Waals surface area contributed by atoms with Gasteiger partial charge in [-0.1, -0.05) is 15.9 Å². The molecule has 0 atom stereocenters. The first-order valence-corrected chi connectivity index (χ1v) is 6.14. The van der Waals surface area contributed by atoms with Gasteiger partial charge in [0.05, 0.1) is 11.3 Å². The SMILES string of the molecule is NC(=O)CN1C(=O)C(=O)c2cc(Br)cc(Br)c21. The third-order valence-corrected chi connectivity index (χ3v) is 3.36. The summed E-state index contributed by atoms with van der Waals surface area (Å²) in [7, 11) is 0. The van der Waals surface area contributed by atoms with Crippen LogP contribution in [-0.2, 0) is 9.59 Å². The monoisotopic (exact) mass is 360 g/mol. The number of halogens is 2. The molecule has 0 fully saturated rings. The molecule has 0 spiro atoms. The van der Waals surface area contributed by atoms with Gasteiger partial charge in [0.2, 0.25) is 5.91 Å². The quantitative estimate of drug-likeness (QED) is 0.804. The van der Waals surface area contributed by atoms with Gasteiger partial charge in [-0.2, -0.15) is 0 Å². The third kappa shape index (κ3) is 2.00. The number of nitrogens with zero attached hydrogens (tertiary/aromatic N) is 1. The van der Waals surface area contributed by atoms with E-state index in [0.717, 1.165) is 4.90 Å². The Morgan fingerprint density at radius 3 is 2.53 bits per heavy atom. The summed E-state index contributed by atoms with van der Waals surface area (Å²) in [5.74, 6) is -2.05. The molecule has 1 aliphatic heterocycles. The number of hydrogen-bond donors (Lipinski definition) is 1. The van der Waals surface area contributed by atoms with Crippen LogP contribution >= 0.6 is 31.9 Å². The van der Waals surface area contributed by atoms with Crippen LogP contribution in [0.3, 0.4) is 0 Å². The minimum absolute atomic E-state index is 0.262. The molecule has 0 aromatic heterocycles. The van der Waals surface area contributed by atoms with Crippen LogP contribution in [0.2, 0.25) is 0 Å². The van der Waals surface area contributed by atoms with Crippen LogP contribution in [-0.4, -0.2) is 24.1 Å². The van der Waals surface area contributed by atoms with E-state index in [1.807, 2.05) is 0 Å². The molecule has 0 aliphatic carbocycles. The second-order valence-electron chi connectivity index (χ2n) is 3.47. The largest absolute Gasteiger partial charge is 0.368 e. The van der Waals surface area contributed by atoms with Gasteiger partial charge in [0.1, 0.15) is 6.54 Å². The number of hydrogen-bond acceptors (Lipinski definition) is 3. The Morgan fingerprint density at radius 2 is 1.94 bits per heavy atom. The van der Waals surface area contributed by atoms with Crippen molar-refractivity contribution in [2.24, 2.45) is 5.73 Å². The third-order valence-electron chi connectivity index (χ3n) is 2.30. The highest BCUT2D eigenvalue weighted by molar-refractivity contribution is 9.11. The van der Waals surface area contributed by atoms with E-state index in [1.165, 1.54) is 0 Å². The van der Waals surface area contributed by atoms with Crippen LogP contribution in [0, 0.1) is 0 Å². The molecule has 7 heteroatoms. The second kappa shape index (κ2) is 4.23. The van der Waals surface area contributed by atoms with Gasteiger partial charge in [-0.15, -0.1) is 0 Å². The number of primary amides is 1. The van der Waals surface area contributed by atoms with Crippen LogP contribution in [0.25, 0.3) is 0 Å². The Hall–Kier alpha value is -1.21. The van der Waals surface area contributed by atoms with Gasteiger partial charge in [0, 0.05) is 8.95 Å². The van der Waals surface area contributed by atoms with E-state index in [-0.39, 0.29) is 12.1 Å². The maximum absolute atomic E-state index is 11.7. The van der Waals surface area contributed by atoms with Crippen molar-refractivity contribution in [2.75, 3.05) is 11.4 Å². The Morgan fingerprint density at radius 1 is 1.29 bits per heavy atom. The van der Waals surface area contributed by atoms with Crippen LogP contribution in [0.5, 0.6) is 0 Å². The van der Waals surface area contributed by atoms with Crippen LogP contribution in [0.15, 0.2) is 21.1 Å². The molecule has 5 nitrogen and oxygen atoms in total. The molecule has 0 unspecified atom stereocenters. The maximum Gasteiger partial charge on any atom is 0.299 e. The molecule has 1 aromatic rings. The molecule has 1 aromatic carbocycles. The topological polar surface area (TPSA) is 80.5 Å². The number of carbonyl (C=O) groups excluding carboxylic acids is 3. The Kier molecular flexibility index (Phi) is 3.05. The van der Waals surface area contributed by atoms with E-state index in [0.29, 0.717) is 14.6 Å². The standard InChI is InChI=1S/C10H6Br2N2O3/c11-4-1-5-8(6(12)2-4)14(3-7(13)15)10(17)9(5)16/h1-2H,3H2,(H2,13,15). The molecule has 0 radical (unpaired) electrons. The number of rotatable bonds is 2. The average molecular weight is 362 g/mol. The molecule has 0 saturated heterocycles. The Bertz CT molecular complexity index is 557. The van der Waals surface area contributed by atoms with Crippen molar-refractivity contribution in [2.45, 2.75) is 0 Å². The molecule has 0 bridgehead atoms. The Balaban J connectivity index is 2.60. The van der Waals surface area contributed by atoms with E-state index in [2.05, 4.69) is 31.9 Å². The fraction of sp³-hybridized carbons (Fsp3) is 0.100. The number of anilines is 1. The predicted octanol–water partition coefficient (Wildman–Crippen LogP) is 1.23. The van der Waals surface area contributed by atoms with Crippen LogP contribution in [0.1, 0.15) is 10.4 Å². The summed E-state index contributed by atoms with van der Waals surface area (Å²) >= 11 is 6.49. The average Bonchev–Trinajstić information content (AvgIpc) is 2.43. The van der Waals surface area contributed by atoms with E-state index >= 15 is 0 Å². The summed E-state index contributed by atoms with van der Waals surface area (Å²) in [6, 6.07) is 3.24. The lowest BCUT2D eigenvalue weighted by Gasteiger charge is -2.15. The van der Waals surface area contributed by atoms with Gasteiger partial charge in [0.15, 0.2) is 0 Å². The number of Topliss-reactive ketones (excluding diaryl/α,β-unsaturated/α-hetero) is 1. The normalized spacial score (nSPS) is 14.1. The van der Waals surface area contributed by atoms with Gasteiger partial charge >= 0.3 is 0 Å². The summed E-state index contributed by atoms with van der Waals surface area (Å²) in [6.45, 7) is -0.308. The van der Waals surface area contributed by atoms with Crippen molar-refractivity contribution in [3.63, 3.8) is 0 Å². The molecular weight excluding hydrogens is 356 g/mol. The fourth-order valence-electron chi connectivity index (χ4n) is 1.66. The molecule has 2 N–H and O–H groups in total. The van der Waals surface area contributed by atoms with Gasteiger partial charge < -0.3 is 5.73 Å². The summed E-state index contributed by atoms with van der Waals surface area (Å²) < 4.78 is 1.23. The minimum atomic E-state index is -0.738. The Labute approximate surface area is 113 Å². The molecule has 1 heterocycles. The summed E-state index contributed by atoms with van der Waals surface area (Å²) in [5, 5.41) is 0. The lowest BCUT2D eigenvalue weighted by atomic mass is 10.1. The summed E-state index contributed by atoms with van der Waals surface area (Å²) in [4.78, 5) is 35.4. The number of nitrogens with two attached hydrogens (primary N) is 1. The van der Waals surface area contributed by atoms with Crippen LogP contribution < -0.4 is 10.6 Å². The van der Waals surface area contributed by atoms with E-state index in [4.69, 9.17) is 5.73 Å². The molecule has 88 valence electrons. The zero-order valence-corrected chi connectivity index (χ0v) is 11.5. The molecule has 0 saturated carbocycles. The van der Waals surface area contributed by atoms with Crippen LogP contribution in [0.4, 0.5) is 5.69 Å². The van der Waals surface area contributed by atoms with E-state index in [9.17, 15) is 14.4 Å². The van der Waals surface area contributed by atoms with E-state index < -0.39 is 17.6 Å². The zero-order valence-electron chi connectivity index (χ0n) is 8.37. The highest BCUT2D eigenvalue weighted by Crippen LogP contribution is 2.38. The lowest BCUT2D eigenvalue weighted by Crippen LogP contribution is -2.37. The fourth-order valence-corrected chi connectivity index (χ4v) is 3.10. The number of carbonyl (C=O) groups is 3. The van der Waals surface area contributed by atoms with E-state index in [1.54, 1.807) is 12.1 Å². The van der Waals surface area contributed by atoms with Gasteiger partial charge in [-0.3, -0.25) is 19.3 Å². The van der Waals surface area contributed by atoms with Gasteiger partial charge in [-0.05, 0) is 28.1 Å². The first-order chi connectivity index (χ1) is 7.91. The van der Waals surface area contributed by atoms with Crippen molar-refractivity contribution in [3.8, 4) is 0 Å². The first-order valence-electron chi connectivity index (χ1n) is 4.55. The van der Waals surface area contributed by atoms with Gasteiger partial charge in [-0.25, -0.2) is 0 Å². The lowest BCUT2D eigenvalue weighted by molar-refractivity contribution is -0.120. The smallest absolute Gasteiger partial charge is 0.299 e. The summed E-state index contributed by atoms with van der Waals surface area (Å²) in [6.07, 6.45) is 0. The van der Waals surface area contributed by atoms with Crippen molar-refractivity contribution >= 4 is 55.1 Å². The first kappa shape index (κ1) is 12.3. The van der Waals surface area contributed by atoms with Crippen molar-refractivity contribution in [1.82, 2.24) is 0 Å². The second-order valence-corrected chi connectivity index (χ2v) is 5.24. The number of fused-ring (bicyclic) bond motifs is 1. The highest BCUT2D eigenvalue weighted by Gasteiger charge is 2.38. The number of amides is 2. The molecule has 2 rings (SSSR count). The van der Waals surface area contributed by atoms with Gasteiger partial charge in [0.25, 0.3) is 11.7 Å². The number of benzene rings is 1.